The molecule has 1 saturated heterocycles. The van der Waals surface area contributed by atoms with Crippen LogP contribution < -0.4 is 0 Å². The molecule has 0 aromatic carbocycles. The Morgan fingerprint density at radius 3 is 2.48 bits per heavy atom. The van der Waals surface area contributed by atoms with Crippen LogP contribution in [-0.4, -0.2) is 58.4 Å². The Labute approximate surface area is 125 Å². The van der Waals surface area contributed by atoms with Crippen molar-refractivity contribution in [1.29, 1.82) is 0 Å². The zero-order valence-corrected chi connectivity index (χ0v) is 12.9. The highest BCUT2D eigenvalue weighted by molar-refractivity contribution is 5.85. The number of morpholine rings is 1. The van der Waals surface area contributed by atoms with E-state index in [0.29, 0.717) is 25.9 Å². The molecule has 4 atom stereocenters. The van der Waals surface area contributed by atoms with Crippen molar-refractivity contribution < 1.29 is 24.5 Å². The Balaban J connectivity index is 2.13. The molecule has 1 aliphatic heterocycles. The van der Waals surface area contributed by atoms with Crippen LogP contribution in [0.5, 0.6) is 0 Å². The lowest BCUT2D eigenvalue weighted by molar-refractivity contribution is -0.172. The number of carbonyl (C=O) groups excluding carboxylic acids is 1. The summed E-state index contributed by atoms with van der Waals surface area (Å²) >= 11 is 0. The lowest BCUT2D eigenvalue weighted by atomic mass is 9.93. The van der Waals surface area contributed by atoms with Crippen LogP contribution in [0.1, 0.15) is 33.6 Å². The fraction of sp³-hybridized carbons (Fsp3) is 0.867. The molecule has 1 amide bonds. The van der Waals surface area contributed by atoms with Gasteiger partial charge in [0.25, 0.3) is 0 Å². The quantitative estimate of drug-likeness (QED) is 0.802. The van der Waals surface area contributed by atoms with Crippen molar-refractivity contribution in [2.24, 2.45) is 17.8 Å². The van der Waals surface area contributed by atoms with Crippen LogP contribution in [0.25, 0.3) is 0 Å². The summed E-state index contributed by atoms with van der Waals surface area (Å²) in [5.74, 6) is -1.79. The Morgan fingerprint density at radius 1 is 1.29 bits per heavy atom. The number of aliphatic hydroxyl groups excluding tert-OH is 1. The highest BCUT2D eigenvalue weighted by Crippen LogP contribution is 2.38. The number of carboxylic acids is 1. The first-order chi connectivity index (χ1) is 9.73. The molecule has 0 radical (unpaired) electrons. The number of amides is 1. The smallest absolute Gasteiger partial charge is 0.307 e. The molecule has 1 saturated carbocycles. The van der Waals surface area contributed by atoms with Crippen molar-refractivity contribution >= 4 is 11.9 Å². The summed E-state index contributed by atoms with van der Waals surface area (Å²) in [6, 6.07) is 0. The second-order valence-electron chi connectivity index (χ2n) is 7.03. The fourth-order valence-electron chi connectivity index (χ4n) is 3.63. The van der Waals surface area contributed by atoms with Gasteiger partial charge in [-0.3, -0.25) is 9.59 Å². The van der Waals surface area contributed by atoms with E-state index in [0.717, 1.165) is 0 Å². The number of aliphatic carboxylic acids is 1. The molecular formula is C15H25NO5. The standard InChI is InChI=1S/C15H25NO5/c1-9-4-11(12(5-9)14(19)20)13(18)16-6-10(7-17)21-15(2,3)8-16/h9-12,17H,4-8H2,1-3H3,(H,19,20). The van der Waals surface area contributed by atoms with Gasteiger partial charge in [-0.25, -0.2) is 0 Å². The second kappa shape index (κ2) is 5.93. The third kappa shape index (κ3) is 3.55. The Kier molecular flexibility index (Phi) is 4.58. The van der Waals surface area contributed by atoms with Gasteiger partial charge < -0.3 is 19.8 Å². The minimum absolute atomic E-state index is 0.110. The predicted octanol–water partition coefficient (Wildman–Crippen LogP) is 0.732. The summed E-state index contributed by atoms with van der Waals surface area (Å²) < 4.78 is 5.70. The lowest BCUT2D eigenvalue weighted by Gasteiger charge is -2.43. The molecule has 120 valence electrons. The topological polar surface area (TPSA) is 87.1 Å². The summed E-state index contributed by atoms with van der Waals surface area (Å²) in [5.41, 5.74) is -0.524. The van der Waals surface area contributed by atoms with Gasteiger partial charge in [0.05, 0.1) is 30.1 Å². The largest absolute Gasteiger partial charge is 0.481 e. The van der Waals surface area contributed by atoms with Crippen LogP contribution in [0.3, 0.4) is 0 Å². The van der Waals surface area contributed by atoms with Gasteiger partial charge in [0.2, 0.25) is 5.91 Å². The average molecular weight is 299 g/mol. The summed E-state index contributed by atoms with van der Waals surface area (Å²) in [5, 5.41) is 18.6. The van der Waals surface area contributed by atoms with E-state index < -0.39 is 29.5 Å². The maximum Gasteiger partial charge on any atom is 0.307 e. The van der Waals surface area contributed by atoms with Crippen molar-refractivity contribution in [1.82, 2.24) is 4.90 Å². The van der Waals surface area contributed by atoms with E-state index in [1.165, 1.54) is 0 Å². The predicted molar refractivity (Wildman–Crippen MR) is 75.6 cm³/mol. The summed E-state index contributed by atoms with van der Waals surface area (Å²) in [6.07, 6.45) is 0.778. The number of rotatable bonds is 3. The van der Waals surface area contributed by atoms with Gasteiger partial charge in [-0.15, -0.1) is 0 Å². The molecular weight excluding hydrogens is 274 g/mol. The van der Waals surface area contributed by atoms with Gasteiger partial charge in [-0.1, -0.05) is 6.92 Å². The minimum atomic E-state index is -0.885. The van der Waals surface area contributed by atoms with Crippen LogP contribution in [0.15, 0.2) is 0 Å². The molecule has 0 aromatic rings. The maximum atomic E-state index is 12.7. The van der Waals surface area contributed by atoms with Crippen molar-refractivity contribution in [3.05, 3.63) is 0 Å². The zero-order chi connectivity index (χ0) is 15.8. The third-order valence-corrected chi connectivity index (χ3v) is 4.43. The highest BCUT2D eigenvalue weighted by atomic mass is 16.5. The minimum Gasteiger partial charge on any atom is -0.481 e. The Hall–Kier alpha value is -1.14. The molecule has 1 heterocycles. The van der Waals surface area contributed by atoms with Crippen molar-refractivity contribution in [2.75, 3.05) is 19.7 Å². The number of ether oxygens (including phenoxy) is 1. The van der Waals surface area contributed by atoms with Gasteiger partial charge >= 0.3 is 5.97 Å². The highest BCUT2D eigenvalue weighted by Gasteiger charge is 2.45. The number of carbonyl (C=O) groups is 2. The van der Waals surface area contributed by atoms with Gasteiger partial charge in [0, 0.05) is 13.1 Å². The maximum absolute atomic E-state index is 12.7. The van der Waals surface area contributed by atoms with E-state index in [9.17, 15) is 19.8 Å². The summed E-state index contributed by atoms with van der Waals surface area (Å²) in [4.78, 5) is 25.8. The summed E-state index contributed by atoms with van der Waals surface area (Å²) in [6.45, 7) is 6.36. The molecule has 0 spiro atoms. The molecule has 2 N–H and O–H groups in total. The number of hydrogen-bond donors (Lipinski definition) is 2. The monoisotopic (exact) mass is 299 g/mol. The van der Waals surface area contributed by atoms with Crippen LogP contribution in [0.4, 0.5) is 0 Å². The number of aliphatic hydroxyl groups is 1. The van der Waals surface area contributed by atoms with E-state index in [4.69, 9.17) is 4.74 Å². The van der Waals surface area contributed by atoms with E-state index in [1.807, 2.05) is 20.8 Å². The average Bonchev–Trinajstić information content (AvgIpc) is 2.78. The van der Waals surface area contributed by atoms with Crippen LogP contribution in [0, 0.1) is 17.8 Å². The second-order valence-corrected chi connectivity index (χ2v) is 7.03. The first kappa shape index (κ1) is 16.2. The SMILES string of the molecule is CC1CC(C(=O)O)C(C(=O)N2CC(CO)OC(C)(C)C2)C1. The first-order valence-electron chi connectivity index (χ1n) is 7.54. The molecule has 1 aliphatic carbocycles. The molecule has 4 unspecified atom stereocenters. The van der Waals surface area contributed by atoms with Crippen molar-refractivity contribution in [3.63, 3.8) is 0 Å². The van der Waals surface area contributed by atoms with Crippen LogP contribution in [-0.2, 0) is 14.3 Å². The molecule has 2 aliphatic rings. The van der Waals surface area contributed by atoms with E-state index in [2.05, 4.69) is 0 Å². The van der Waals surface area contributed by atoms with E-state index in [-0.39, 0.29) is 18.4 Å². The number of hydrogen-bond acceptors (Lipinski definition) is 4. The van der Waals surface area contributed by atoms with Gasteiger partial charge in [-0.05, 0) is 32.6 Å². The van der Waals surface area contributed by atoms with Crippen molar-refractivity contribution in [3.8, 4) is 0 Å². The van der Waals surface area contributed by atoms with Gasteiger partial charge in [0.1, 0.15) is 0 Å². The summed E-state index contributed by atoms with van der Waals surface area (Å²) in [7, 11) is 0. The van der Waals surface area contributed by atoms with E-state index in [1.54, 1.807) is 4.90 Å². The van der Waals surface area contributed by atoms with Crippen LogP contribution in [0.2, 0.25) is 0 Å². The Bertz CT molecular complexity index is 422. The molecule has 6 nitrogen and oxygen atoms in total. The number of carboxylic acid groups (broad SMARTS) is 1. The van der Waals surface area contributed by atoms with E-state index >= 15 is 0 Å². The third-order valence-electron chi connectivity index (χ3n) is 4.43. The molecule has 2 fully saturated rings. The molecule has 6 heteroatoms. The normalized spacial score (nSPS) is 35.7. The van der Waals surface area contributed by atoms with Gasteiger partial charge in [-0.2, -0.15) is 0 Å². The van der Waals surface area contributed by atoms with Gasteiger partial charge in [0.15, 0.2) is 0 Å². The lowest BCUT2D eigenvalue weighted by Crippen LogP contribution is -2.57. The first-order valence-corrected chi connectivity index (χ1v) is 7.54. The number of nitrogens with zero attached hydrogens (tertiary/aromatic N) is 1. The van der Waals surface area contributed by atoms with Crippen molar-refractivity contribution in [2.45, 2.75) is 45.3 Å². The molecule has 21 heavy (non-hydrogen) atoms. The molecule has 0 bridgehead atoms. The van der Waals surface area contributed by atoms with Crippen LogP contribution >= 0.6 is 0 Å². The zero-order valence-electron chi connectivity index (χ0n) is 12.9. The fourth-order valence-corrected chi connectivity index (χ4v) is 3.63. The molecule has 2 rings (SSSR count). The Morgan fingerprint density at radius 2 is 1.90 bits per heavy atom. The molecule has 0 aromatic heterocycles.